The topological polar surface area (TPSA) is 68.2 Å². The van der Waals surface area contributed by atoms with E-state index >= 15 is 0 Å². The molecule has 0 saturated heterocycles. The Kier molecular flexibility index (Phi) is 7.68. The van der Waals surface area contributed by atoms with E-state index in [-0.39, 0.29) is 0 Å². The van der Waals surface area contributed by atoms with Crippen LogP contribution in [-0.4, -0.2) is 28.8 Å². The SMILES string of the molecule is CCCCCCNC(N)=NCCCn1cccn1. The fraction of sp³-hybridized carbons (Fsp3) is 0.692. The van der Waals surface area contributed by atoms with Crippen LogP contribution < -0.4 is 11.1 Å². The average molecular weight is 251 g/mol. The second kappa shape index (κ2) is 9.50. The van der Waals surface area contributed by atoms with Gasteiger partial charge in [0, 0.05) is 32.0 Å². The highest BCUT2D eigenvalue weighted by Crippen LogP contribution is 1.96. The zero-order chi connectivity index (χ0) is 13.1. The Bertz CT molecular complexity index is 318. The van der Waals surface area contributed by atoms with Gasteiger partial charge in [-0.05, 0) is 18.9 Å². The lowest BCUT2D eigenvalue weighted by molar-refractivity contribution is 0.584. The first-order valence-electron chi connectivity index (χ1n) is 6.84. The van der Waals surface area contributed by atoms with E-state index < -0.39 is 0 Å². The van der Waals surface area contributed by atoms with Crippen molar-refractivity contribution in [2.45, 2.75) is 45.6 Å². The number of rotatable bonds is 9. The van der Waals surface area contributed by atoms with Crippen molar-refractivity contribution < 1.29 is 0 Å². The van der Waals surface area contributed by atoms with Crippen molar-refractivity contribution in [2.75, 3.05) is 13.1 Å². The molecule has 1 aromatic heterocycles. The molecule has 0 bridgehead atoms. The molecule has 1 aromatic rings. The summed E-state index contributed by atoms with van der Waals surface area (Å²) in [7, 11) is 0. The first-order chi connectivity index (χ1) is 8.83. The van der Waals surface area contributed by atoms with Gasteiger partial charge in [-0.2, -0.15) is 5.10 Å². The Morgan fingerprint density at radius 1 is 1.33 bits per heavy atom. The lowest BCUT2D eigenvalue weighted by atomic mass is 10.2. The largest absolute Gasteiger partial charge is 0.370 e. The number of nitrogens with two attached hydrogens (primary N) is 1. The minimum absolute atomic E-state index is 0.562. The van der Waals surface area contributed by atoms with E-state index in [1.54, 1.807) is 6.20 Å². The minimum Gasteiger partial charge on any atom is -0.370 e. The van der Waals surface area contributed by atoms with Crippen LogP contribution in [-0.2, 0) is 6.54 Å². The van der Waals surface area contributed by atoms with Gasteiger partial charge in [-0.25, -0.2) is 0 Å². The lowest BCUT2D eigenvalue weighted by Crippen LogP contribution is -2.32. The van der Waals surface area contributed by atoms with Crippen LogP contribution in [0.5, 0.6) is 0 Å². The second-order valence-electron chi connectivity index (χ2n) is 4.38. The van der Waals surface area contributed by atoms with Gasteiger partial charge in [0.05, 0.1) is 0 Å². The molecule has 0 radical (unpaired) electrons. The first-order valence-corrected chi connectivity index (χ1v) is 6.84. The van der Waals surface area contributed by atoms with Crippen molar-refractivity contribution in [2.24, 2.45) is 10.7 Å². The number of hydrogen-bond acceptors (Lipinski definition) is 2. The molecule has 0 spiro atoms. The molecule has 3 N–H and O–H groups in total. The van der Waals surface area contributed by atoms with Gasteiger partial charge < -0.3 is 11.1 Å². The summed E-state index contributed by atoms with van der Waals surface area (Å²) in [5.41, 5.74) is 5.76. The van der Waals surface area contributed by atoms with Crippen LogP contribution in [0.3, 0.4) is 0 Å². The van der Waals surface area contributed by atoms with Crippen LogP contribution in [0.25, 0.3) is 0 Å². The molecule has 0 amide bonds. The monoisotopic (exact) mass is 251 g/mol. The number of unbranched alkanes of at least 4 members (excludes halogenated alkanes) is 3. The third kappa shape index (κ3) is 6.93. The fourth-order valence-corrected chi connectivity index (χ4v) is 1.69. The second-order valence-corrected chi connectivity index (χ2v) is 4.38. The summed E-state index contributed by atoms with van der Waals surface area (Å²) in [6.45, 7) is 4.77. The molecule has 0 atom stereocenters. The predicted octanol–water partition coefficient (Wildman–Crippen LogP) is 1.76. The number of hydrogen-bond donors (Lipinski definition) is 2. The molecule has 0 aliphatic heterocycles. The summed E-state index contributed by atoms with van der Waals surface area (Å²) in [5, 5.41) is 7.27. The molecule has 0 aromatic carbocycles. The summed E-state index contributed by atoms with van der Waals surface area (Å²) < 4.78 is 1.91. The number of nitrogens with one attached hydrogen (secondary N) is 1. The standard InChI is InChI=1S/C13H25N5/c1-2-3-4-5-8-15-13(14)16-9-6-11-18-12-7-10-17-18/h7,10,12H,2-6,8-9,11H2,1H3,(H3,14,15,16). The Hall–Kier alpha value is -1.52. The van der Waals surface area contributed by atoms with E-state index in [1.807, 2.05) is 16.9 Å². The van der Waals surface area contributed by atoms with Crippen molar-refractivity contribution in [1.82, 2.24) is 15.1 Å². The van der Waals surface area contributed by atoms with Crippen LogP contribution in [0, 0.1) is 0 Å². The van der Waals surface area contributed by atoms with Gasteiger partial charge in [-0.1, -0.05) is 26.2 Å². The molecule has 18 heavy (non-hydrogen) atoms. The van der Waals surface area contributed by atoms with Gasteiger partial charge in [-0.3, -0.25) is 9.67 Å². The van der Waals surface area contributed by atoms with E-state index in [4.69, 9.17) is 5.73 Å². The molecule has 5 nitrogen and oxygen atoms in total. The smallest absolute Gasteiger partial charge is 0.188 e. The maximum absolute atomic E-state index is 5.76. The van der Waals surface area contributed by atoms with Gasteiger partial charge in [-0.15, -0.1) is 0 Å². The van der Waals surface area contributed by atoms with Crippen LogP contribution in [0.4, 0.5) is 0 Å². The van der Waals surface area contributed by atoms with Crippen LogP contribution >= 0.6 is 0 Å². The van der Waals surface area contributed by atoms with Crippen molar-refractivity contribution in [1.29, 1.82) is 0 Å². The molecule has 0 aliphatic rings. The highest BCUT2D eigenvalue weighted by Gasteiger charge is 1.93. The zero-order valence-corrected chi connectivity index (χ0v) is 11.3. The highest BCUT2D eigenvalue weighted by atomic mass is 15.3. The normalized spacial score (nSPS) is 11.7. The Morgan fingerprint density at radius 2 is 2.22 bits per heavy atom. The van der Waals surface area contributed by atoms with E-state index in [9.17, 15) is 0 Å². The third-order valence-electron chi connectivity index (χ3n) is 2.72. The molecular weight excluding hydrogens is 226 g/mol. The third-order valence-corrected chi connectivity index (χ3v) is 2.72. The maximum atomic E-state index is 5.76. The molecule has 1 rings (SSSR count). The molecule has 102 valence electrons. The maximum Gasteiger partial charge on any atom is 0.188 e. The van der Waals surface area contributed by atoms with Crippen molar-refractivity contribution in [3.8, 4) is 0 Å². The highest BCUT2D eigenvalue weighted by molar-refractivity contribution is 5.77. The van der Waals surface area contributed by atoms with Crippen LogP contribution in [0.15, 0.2) is 23.5 Å². The van der Waals surface area contributed by atoms with E-state index in [0.717, 1.165) is 32.5 Å². The minimum atomic E-state index is 0.562. The lowest BCUT2D eigenvalue weighted by Gasteiger charge is -2.05. The summed E-state index contributed by atoms with van der Waals surface area (Å²) in [4.78, 5) is 4.28. The number of aromatic nitrogens is 2. The molecule has 0 fully saturated rings. The number of nitrogens with zero attached hydrogens (tertiary/aromatic N) is 3. The van der Waals surface area contributed by atoms with Gasteiger partial charge in [0.1, 0.15) is 0 Å². The Morgan fingerprint density at radius 3 is 2.94 bits per heavy atom. The number of aryl methyl sites for hydroxylation is 1. The van der Waals surface area contributed by atoms with Gasteiger partial charge in [0.2, 0.25) is 0 Å². The summed E-state index contributed by atoms with van der Waals surface area (Å²) in [6, 6.07) is 1.93. The summed E-state index contributed by atoms with van der Waals surface area (Å²) in [6.07, 6.45) is 9.68. The van der Waals surface area contributed by atoms with Crippen molar-refractivity contribution in [3.63, 3.8) is 0 Å². The summed E-state index contributed by atoms with van der Waals surface area (Å²) >= 11 is 0. The molecule has 1 heterocycles. The van der Waals surface area contributed by atoms with E-state index in [2.05, 4.69) is 22.3 Å². The first kappa shape index (κ1) is 14.5. The Balaban J connectivity index is 1.99. The van der Waals surface area contributed by atoms with Gasteiger partial charge in [0.15, 0.2) is 5.96 Å². The van der Waals surface area contributed by atoms with Crippen molar-refractivity contribution >= 4 is 5.96 Å². The van der Waals surface area contributed by atoms with E-state index in [1.165, 1.54) is 19.3 Å². The molecule has 0 saturated carbocycles. The Labute approximate surface area is 109 Å². The predicted molar refractivity (Wildman–Crippen MR) is 75.5 cm³/mol. The van der Waals surface area contributed by atoms with Gasteiger partial charge in [0.25, 0.3) is 0 Å². The number of aliphatic imine (C=N–C) groups is 1. The summed E-state index contributed by atoms with van der Waals surface area (Å²) in [5.74, 6) is 0.562. The quantitative estimate of drug-likeness (QED) is 0.399. The molecule has 0 unspecified atom stereocenters. The molecule has 0 aliphatic carbocycles. The van der Waals surface area contributed by atoms with Crippen LogP contribution in [0.1, 0.15) is 39.0 Å². The average Bonchev–Trinajstić information content (AvgIpc) is 2.87. The van der Waals surface area contributed by atoms with Crippen molar-refractivity contribution in [3.05, 3.63) is 18.5 Å². The van der Waals surface area contributed by atoms with E-state index in [0.29, 0.717) is 5.96 Å². The molecular formula is C13H25N5. The van der Waals surface area contributed by atoms with Gasteiger partial charge >= 0.3 is 0 Å². The zero-order valence-electron chi connectivity index (χ0n) is 11.3. The molecule has 5 heteroatoms. The fourth-order valence-electron chi connectivity index (χ4n) is 1.69. The van der Waals surface area contributed by atoms with Crippen LogP contribution in [0.2, 0.25) is 0 Å². The number of guanidine groups is 1.